The van der Waals surface area contributed by atoms with Gasteiger partial charge in [0.1, 0.15) is 0 Å². The lowest BCUT2D eigenvalue weighted by Crippen LogP contribution is -2.28. The van der Waals surface area contributed by atoms with Crippen LogP contribution in [-0.4, -0.2) is 27.8 Å². The Hall–Kier alpha value is -2.00. The molecule has 0 spiro atoms. The molecule has 9 heteroatoms. The number of ether oxygens (including phenoxy) is 2. The van der Waals surface area contributed by atoms with Crippen molar-refractivity contribution in [3.05, 3.63) is 36.4 Å². The summed E-state index contributed by atoms with van der Waals surface area (Å²) in [7, 11) is -4.50. The molecule has 0 radical (unpaired) electrons. The Labute approximate surface area is 124 Å². The first-order valence-electron chi connectivity index (χ1n) is 5.90. The van der Waals surface area contributed by atoms with Crippen molar-refractivity contribution < 1.29 is 35.2 Å². The highest BCUT2D eigenvalue weighted by molar-refractivity contribution is 7.88. The molecule has 0 N–H and O–H groups in total. The summed E-state index contributed by atoms with van der Waals surface area (Å²) in [6, 6.07) is 9.09. The van der Waals surface area contributed by atoms with Crippen molar-refractivity contribution in [1.29, 1.82) is 0 Å². The molecule has 2 aromatic rings. The first kappa shape index (κ1) is 16.4. The van der Waals surface area contributed by atoms with Gasteiger partial charge in [0.15, 0.2) is 18.3 Å². The molecule has 0 aromatic heterocycles. The third-order valence-corrected chi connectivity index (χ3v) is 3.61. The van der Waals surface area contributed by atoms with Crippen LogP contribution in [0.4, 0.5) is 13.2 Å². The minimum atomic E-state index is -5.81. The van der Waals surface area contributed by atoms with Gasteiger partial charge in [-0.25, -0.2) is 0 Å². The van der Waals surface area contributed by atoms with E-state index in [0.29, 0.717) is 5.39 Å². The van der Waals surface area contributed by atoms with Gasteiger partial charge in [0.05, 0.1) is 0 Å². The number of fused-ring (bicyclic) bond motifs is 1. The van der Waals surface area contributed by atoms with E-state index < -0.39 is 21.4 Å². The molecule has 0 unspecified atom stereocenters. The number of methoxy groups -OCH3 is 1. The van der Waals surface area contributed by atoms with Crippen LogP contribution in [0.1, 0.15) is 0 Å². The van der Waals surface area contributed by atoms with Gasteiger partial charge in [-0.05, 0) is 11.5 Å². The van der Waals surface area contributed by atoms with Crippen molar-refractivity contribution in [3.8, 4) is 11.5 Å². The van der Waals surface area contributed by atoms with Crippen LogP contribution in [0.25, 0.3) is 10.8 Å². The third-order valence-electron chi connectivity index (χ3n) is 2.65. The molecule has 0 aliphatic heterocycles. The molecule has 0 heterocycles. The molecule has 2 aromatic carbocycles. The molecule has 2 rings (SSSR count). The van der Waals surface area contributed by atoms with Gasteiger partial charge in [-0.1, -0.05) is 30.3 Å². The van der Waals surface area contributed by atoms with E-state index in [1.807, 2.05) is 0 Å². The van der Waals surface area contributed by atoms with Gasteiger partial charge in [-0.15, -0.1) is 0 Å². The maximum absolute atomic E-state index is 12.5. The zero-order valence-electron chi connectivity index (χ0n) is 11.3. The Balaban J connectivity index is 2.57. The smallest absolute Gasteiger partial charge is 0.464 e. The fourth-order valence-corrected chi connectivity index (χ4v) is 2.19. The summed E-state index contributed by atoms with van der Waals surface area (Å²) in [4.78, 5) is 0. The molecule has 0 aliphatic carbocycles. The zero-order chi connectivity index (χ0) is 16.4. The summed E-state index contributed by atoms with van der Waals surface area (Å²) in [5, 5.41) is 0.670. The molecule has 0 saturated heterocycles. The summed E-state index contributed by atoms with van der Waals surface area (Å²) in [5.74, 6) is -0.708. The first-order valence-corrected chi connectivity index (χ1v) is 7.31. The van der Waals surface area contributed by atoms with Gasteiger partial charge in [0.25, 0.3) is 0 Å². The zero-order valence-corrected chi connectivity index (χ0v) is 12.1. The average Bonchev–Trinajstić information content (AvgIpc) is 2.45. The molecular formula is C13H11F3O5S. The van der Waals surface area contributed by atoms with Gasteiger partial charge >= 0.3 is 15.6 Å². The van der Waals surface area contributed by atoms with E-state index in [9.17, 15) is 21.6 Å². The molecule has 0 atom stereocenters. The number of hydrogen-bond donors (Lipinski definition) is 0. The van der Waals surface area contributed by atoms with E-state index in [1.54, 1.807) is 18.2 Å². The molecule has 120 valence electrons. The fourth-order valence-electron chi connectivity index (χ4n) is 1.70. The van der Waals surface area contributed by atoms with E-state index in [0.717, 1.165) is 0 Å². The minimum absolute atomic E-state index is 0.170. The summed E-state index contributed by atoms with van der Waals surface area (Å²) in [5.41, 5.74) is -5.54. The van der Waals surface area contributed by atoms with E-state index in [4.69, 9.17) is 4.74 Å². The van der Waals surface area contributed by atoms with Gasteiger partial charge in [-0.3, -0.25) is 0 Å². The molecule has 5 nitrogen and oxygen atoms in total. The van der Waals surface area contributed by atoms with Crippen LogP contribution in [0.5, 0.6) is 11.5 Å². The maximum atomic E-state index is 12.5. The molecule has 22 heavy (non-hydrogen) atoms. The second-order valence-electron chi connectivity index (χ2n) is 4.15. The van der Waals surface area contributed by atoms with Crippen LogP contribution < -0.4 is 8.92 Å². The summed E-state index contributed by atoms with van der Waals surface area (Å²) in [6.07, 6.45) is 0. The highest BCUT2D eigenvalue weighted by Gasteiger charge is 2.49. The predicted molar refractivity (Wildman–Crippen MR) is 72.1 cm³/mol. The molecular weight excluding hydrogens is 325 g/mol. The monoisotopic (exact) mass is 336 g/mol. The summed E-state index contributed by atoms with van der Waals surface area (Å²) in [6.45, 7) is -0.277. The predicted octanol–water partition coefficient (Wildman–Crippen LogP) is 3.05. The lowest BCUT2D eigenvalue weighted by Gasteiger charge is -2.15. The standard InChI is InChI=1S/C13H11F3O5S/c1-19-8-20-11-7-6-9-4-2-3-5-10(9)12(11)21-22(17,18)13(14,15)16/h2-7H,8H2,1H3. The molecule has 0 aliphatic rings. The lowest BCUT2D eigenvalue weighted by atomic mass is 10.1. The normalized spacial score (nSPS) is 12.4. The van der Waals surface area contributed by atoms with Crippen molar-refractivity contribution in [2.75, 3.05) is 13.9 Å². The summed E-state index contributed by atoms with van der Waals surface area (Å²) >= 11 is 0. The Bertz CT molecular complexity index is 771. The number of halogens is 3. The fraction of sp³-hybridized carbons (Fsp3) is 0.231. The number of alkyl halides is 3. The number of hydrogen-bond acceptors (Lipinski definition) is 5. The quantitative estimate of drug-likeness (QED) is 0.477. The Morgan fingerprint density at radius 1 is 1.09 bits per heavy atom. The second kappa shape index (κ2) is 6.01. The highest BCUT2D eigenvalue weighted by Crippen LogP contribution is 2.39. The van der Waals surface area contributed by atoms with Crippen LogP contribution in [0.3, 0.4) is 0 Å². The van der Waals surface area contributed by atoms with Gasteiger partial charge in [-0.2, -0.15) is 21.6 Å². The topological polar surface area (TPSA) is 61.8 Å². The van der Waals surface area contributed by atoms with E-state index in [-0.39, 0.29) is 17.9 Å². The van der Waals surface area contributed by atoms with Crippen molar-refractivity contribution in [2.24, 2.45) is 0 Å². The van der Waals surface area contributed by atoms with Gasteiger partial charge < -0.3 is 13.7 Å². The van der Waals surface area contributed by atoms with Crippen molar-refractivity contribution in [3.63, 3.8) is 0 Å². The van der Waals surface area contributed by atoms with E-state index in [2.05, 4.69) is 8.92 Å². The van der Waals surface area contributed by atoms with Crippen LogP contribution in [-0.2, 0) is 14.9 Å². The molecule has 0 amide bonds. The Morgan fingerprint density at radius 3 is 2.41 bits per heavy atom. The van der Waals surface area contributed by atoms with Crippen LogP contribution in [0, 0.1) is 0 Å². The molecule has 0 saturated carbocycles. The minimum Gasteiger partial charge on any atom is -0.464 e. The van der Waals surface area contributed by atoms with Crippen LogP contribution in [0.15, 0.2) is 36.4 Å². The summed E-state index contributed by atoms with van der Waals surface area (Å²) < 4.78 is 74.1. The van der Waals surface area contributed by atoms with Gasteiger partial charge in [0, 0.05) is 12.5 Å². The third kappa shape index (κ3) is 3.25. The second-order valence-corrected chi connectivity index (χ2v) is 5.69. The van der Waals surface area contributed by atoms with Crippen LogP contribution >= 0.6 is 0 Å². The van der Waals surface area contributed by atoms with E-state index >= 15 is 0 Å². The van der Waals surface area contributed by atoms with E-state index in [1.165, 1.54) is 25.3 Å². The number of rotatable bonds is 5. The highest BCUT2D eigenvalue weighted by atomic mass is 32.2. The largest absolute Gasteiger partial charge is 0.534 e. The molecule has 0 fully saturated rings. The van der Waals surface area contributed by atoms with Crippen molar-refractivity contribution in [1.82, 2.24) is 0 Å². The first-order chi connectivity index (χ1) is 10.3. The van der Waals surface area contributed by atoms with Crippen LogP contribution in [0.2, 0.25) is 0 Å². The van der Waals surface area contributed by atoms with Crippen molar-refractivity contribution in [2.45, 2.75) is 5.51 Å². The number of benzene rings is 2. The maximum Gasteiger partial charge on any atom is 0.534 e. The van der Waals surface area contributed by atoms with Crippen molar-refractivity contribution >= 4 is 20.9 Å². The van der Waals surface area contributed by atoms with Gasteiger partial charge in [0.2, 0.25) is 0 Å². The Kier molecular flexibility index (Phi) is 4.47. The lowest BCUT2D eigenvalue weighted by molar-refractivity contribution is -0.0500. The Morgan fingerprint density at radius 2 is 1.77 bits per heavy atom. The average molecular weight is 336 g/mol. The SMILES string of the molecule is COCOc1ccc2ccccc2c1OS(=O)(=O)C(F)(F)F. The molecule has 0 bridgehead atoms.